The van der Waals surface area contributed by atoms with Crippen LogP contribution < -0.4 is 0 Å². The van der Waals surface area contributed by atoms with Gasteiger partial charge in [0.25, 0.3) is 0 Å². The van der Waals surface area contributed by atoms with Gasteiger partial charge < -0.3 is 9.84 Å². The minimum atomic E-state index is -1.15. The highest BCUT2D eigenvalue weighted by atomic mass is 16.5. The molecule has 6 nitrogen and oxygen atoms in total. The predicted molar refractivity (Wildman–Crippen MR) is 83.7 cm³/mol. The summed E-state index contributed by atoms with van der Waals surface area (Å²) in [6.07, 6.45) is 0. The standard InChI is InChI=1S/C17H14N2O4/c1-10-5-3-6-11(9-10)15-18-14(16(20)21)12-7-4-8-13(19(12)15)17(22)23-2/h3-9H,1-2H3,(H,20,21). The summed E-state index contributed by atoms with van der Waals surface area (Å²) in [7, 11) is 1.28. The molecule has 0 atom stereocenters. The van der Waals surface area contributed by atoms with Crippen molar-refractivity contribution in [3.05, 3.63) is 59.4 Å². The van der Waals surface area contributed by atoms with Crippen molar-refractivity contribution in [1.29, 1.82) is 0 Å². The first kappa shape index (κ1) is 14.8. The van der Waals surface area contributed by atoms with E-state index in [1.54, 1.807) is 18.2 Å². The lowest BCUT2D eigenvalue weighted by Gasteiger charge is -2.07. The molecule has 3 rings (SSSR count). The SMILES string of the molecule is COC(=O)c1cccc2c(C(=O)O)nc(-c3cccc(C)c3)n12. The highest BCUT2D eigenvalue weighted by Crippen LogP contribution is 2.25. The highest BCUT2D eigenvalue weighted by Gasteiger charge is 2.22. The van der Waals surface area contributed by atoms with Gasteiger partial charge in [-0.15, -0.1) is 0 Å². The van der Waals surface area contributed by atoms with Crippen LogP contribution in [0.4, 0.5) is 0 Å². The average Bonchev–Trinajstić information content (AvgIpc) is 2.94. The largest absolute Gasteiger partial charge is 0.476 e. The van der Waals surface area contributed by atoms with Gasteiger partial charge in [0.05, 0.1) is 12.6 Å². The second-order valence-corrected chi connectivity index (χ2v) is 5.08. The van der Waals surface area contributed by atoms with Crippen LogP contribution in [0.2, 0.25) is 0 Å². The first-order valence-corrected chi connectivity index (χ1v) is 6.93. The summed E-state index contributed by atoms with van der Waals surface area (Å²) in [6, 6.07) is 12.3. The third-order valence-electron chi connectivity index (χ3n) is 3.54. The molecular weight excluding hydrogens is 296 g/mol. The van der Waals surface area contributed by atoms with Gasteiger partial charge in [-0.3, -0.25) is 4.40 Å². The number of hydrogen-bond acceptors (Lipinski definition) is 4. The van der Waals surface area contributed by atoms with E-state index < -0.39 is 11.9 Å². The van der Waals surface area contributed by atoms with Gasteiger partial charge in [0.15, 0.2) is 5.69 Å². The quantitative estimate of drug-likeness (QED) is 0.752. The predicted octanol–water partition coefficient (Wildman–Crippen LogP) is 2.79. The topological polar surface area (TPSA) is 80.9 Å². The number of hydrogen-bond donors (Lipinski definition) is 1. The molecule has 23 heavy (non-hydrogen) atoms. The van der Waals surface area contributed by atoms with Gasteiger partial charge in [0.2, 0.25) is 0 Å². The van der Waals surface area contributed by atoms with Crippen molar-refractivity contribution in [2.45, 2.75) is 6.92 Å². The normalized spacial score (nSPS) is 10.7. The number of nitrogens with zero attached hydrogens (tertiary/aromatic N) is 2. The molecular formula is C17H14N2O4. The molecule has 6 heteroatoms. The number of imidazole rings is 1. The van der Waals surface area contributed by atoms with E-state index >= 15 is 0 Å². The number of ether oxygens (including phenoxy) is 1. The van der Waals surface area contributed by atoms with E-state index in [0.717, 1.165) is 11.1 Å². The number of pyridine rings is 1. The van der Waals surface area contributed by atoms with Crippen molar-refractivity contribution in [2.24, 2.45) is 0 Å². The van der Waals surface area contributed by atoms with Crippen molar-refractivity contribution in [3.8, 4) is 11.4 Å². The lowest BCUT2D eigenvalue weighted by molar-refractivity contribution is 0.0591. The first-order chi connectivity index (χ1) is 11.0. The van der Waals surface area contributed by atoms with Crippen molar-refractivity contribution in [1.82, 2.24) is 9.38 Å². The van der Waals surface area contributed by atoms with Crippen LogP contribution in [0, 0.1) is 6.92 Å². The molecule has 2 heterocycles. The zero-order valence-electron chi connectivity index (χ0n) is 12.6. The number of carboxylic acid groups (broad SMARTS) is 1. The van der Waals surface area contributed by atoms with Crippen molar-refractivity contribution < 1.29 is 19.4 Å². The summed E-state index contributed by atoms with van der Waals surface area (Å²) < 4.78 is 6.31. The second-order valence-electron chi connectivity index (χ2n) is 5.08. The number of rotatable bonds is 3. The Labute approximate surface area is 132 Å². The molecule has 0 saturated heterocycles. The summed E-state index contributed by atoms with van der Waals surface area (Å²) >= 11 is 0. The van der Waals surface area contributed by atoms with Crippen molar-refractivity contribution in [2.75, 3.05) is 7.11 Å². The second kappa shape index (κ2) is 5.57. The number of carbonyl (C=O) groups excluding carboxylic acids is 1. The maximum atomic E-state index is 12.0. The van der Waals surface area contributed by atoms with Crippen LogP contribution in [0.15, 0.2) is 42.5 Å². The Kier molecular flexibility index (Phi) is 3.57. The molecule has 2 aromatic heterocycles. The molecule has 0 unspecified atom stereocenters. The Balaban J connectivity index is 2.41. The zero-order valence-corrected chi connectivity index (χ0v) is 12.6. The van der Waals surface area contributed by atoms with E-state index in [0.29, 0.717) is 11.3 Å². The van der Waals surface area contributed by atoms with Gasteiger partial charge >= 0.3 is 11.9 Å². The molecule has 0 spiro atoms. The molecule has 1 aromatic carbocycles. The van der Waals surface area contributed by atoms with Crippen LogP contribution >= 0.6 is 0 Å². The molecule has 0 aliphatic carbocycles. The van der Waals surface area contributed by atoms with Crippen molar-refractivity contribution >= 4 is 17.5 Å². The average molecular weight is 310 g/mol. The molecule has 0 saturated carbocycles. The number of fused-ring (bicyclic) bond motifs is 1. The Morgan fingerprint density at radius 3 is 2.57 bits per heavy atom. The number of benzene rings is 1. The number of aromatic carboxylic acids is 1. The Morgan fingerprint density at radius 2 is 1.91 bits per heavy atom. The Hall–Kier alpha value is -3.15. The van der Waals surface area contributed by atoms with E-state index in [-0.39, 0.29) is 11.4 Å². The first-order valence-electron chi connectivity index (χ1n) is 6.93. The molecule has 116 valence electrons. The third kappa shape index (κ3) is 2.44. The van der Waals surface area contributed by atoms with Crippen LogP contribution in [-0.2, 0) is 4.74 Å². The molecule has 3 aromatic rings. The Bertz CT molecular complexity index is 927. The molecule has 0 amide bonds. The van der Waals surface area contributed by atoms with Gasteiger partial charge in [-0.2, -0.15) is 0 Å². The minimum absolute atomic E-state index is 0.104. The number of aromatic nitrogens is 2. The summed E-state index contributed by atoms with van der Waals surface area (Å²) in [6.45, 7) is 1.93. The monoisotopic (exact) mass is 310 g/mol. The summed E-state index contributed by atoms with van der Waals surface area (Å²) in [5.41, 5.74) is 2.20. The minimum Gasteiger partial charge on any atom is -0.476 e. The third-order valence-corrected chi connectivity index (χ3v) is 3.54. The molecule has 0 aliphatic rings. The summed E-state index contributed by atoms with van der Waals surface area (Å²) in [5.74, 6) is -1.32. The van der Waals surface area contributed by atoms with Gasteiger partial charge in [0.1, 0.15) is 11.5 Å². The summed E-state index contributed by atoms with van der Waals surface area (Å²) in [4.78, 5) is 27.8. The number of methoxy groups -OCH3 is 1. The summed E-state index contributed by atoms with van der Waals surface area (Å²) in [5, 5.41) is 9.39. The molecule has 1 N–H and O–H groups in total. The molecule has 0 radical (unpaired) electrons. The number of aryl methyl sites for hydroxylation is 1. The molecule has 0 fully saturated rings. The smallest absolute Gasteiger partial charge is 0.356 e. The fraction of sp³-hybridized carbons (Fsp3) is 0.118. The lowest BCUT2D eigenvalue weighted by Crippen LogP contribution is -2.09. The zero-order chi connectivity index (χ0) is 16.6. The van der Waals surface area contributed by atoms with E-state index in [1.165, 1.54) is 11.5 Å². The van der Waals surface area contributed by atoms with Gasteiger partial charge in [0, 0.05) is 5.56 Å². The van der Waals surface area contributed by atoms with E-state index in [1.807, 2.05) is 31.2 Å². The van der Waals surface area contributed by atoms with Gasteiger partial charge in [-0.05, 0) is 25.1 Å². The number of esters is 1. The van der Waals surface area contributed by atoms with Gasteiger partial charge in [-0.1, -0.05) is 29.8 Å². The van der Waals surface area contributed by atoms with Crippen LogP contribution in [0.1, 0.15) is 26.5 Å². The van der Waals surface area contributed by atoms with Gasteiger partial charge in [-0.25, -0.2) is 14.6 Å². The molecule has 0 bridgehead atoms. The highest BCUT2D eigenvalue weighted by molar-refractivity contribution is 5.97. The van der Waals surface area contributed by atoms with E-state index in [2.05, 4.69) is 4.98 Å². The maximum Gasteiger partial charge on any atom is 0.356 e. The van der Waals surface area contributed by atoms with Crippen LogP contribution in [-0.4, -0.2) is 33.5 Å². The number of carbonyl (C=O) groups is 2. The number of carboxylic acids is 1. The maximum absolute atomic E-state index is 12.0. The fourth-order valence-corrected chi connectivity index (χ4v) is 2.53. The molecule has 0 aliphatic heterocycles. The van der Waals surface area contributed by atoms with E-state index in [9.17, 15) is 14.7 Å². The lowest BCUT2D eigenvalue weighted by atomic mass is 10.1. The fourth-order valence-electron chi connectivity index (χ4n) is 2.53. The van der Waals surface area contributed by atoms with Crippen molar-refractivity contribution in [3.63, 3.8) is 0 Å². The van der Waals surface area contributed by atoms with E-state index in [4.69, 9.17) is 4.74 Å². The van der Waals surface area contributed by atoms with Crippen LogP contribution in [0.5, 0.6) is 0 Å². The van der Waals surface area contributed by atoms with Crippen LogP contribution in [0.3, 0.4) is 0 Å². The Morgan fingerprint density at radius 1 is 1.17 bits per heavy atom. The van der Waals surface area contributed by atoms with Crippen LogP contribution in [0.25, 0.3) is 16.9 Å².